The van der Waals surface area contributed by atoms with E-state index in [-0.39, 0.29) is 6.54 Å². The molecular weight excluding hydrogens is 216 g/mol. The third-order valence-corrected chi connectivity index (χ3v) is 2.56. The van der Waals surface area contributed by atoms with E-state index in [1.54, 1.807) is 6.20 Å². The lowest BCUT2D eigenvalue weighted by atomic mass is 10.1. The van der Waals surface area contributed by atoms with Crippen molar-refractivity contribution in [2.45, 2.75) is 6.54 Å². The standard InChI is InChI=1S/C12H10N4O/c13-6-11-15-12(16-17-11)10-3-1-2-8-7-14-5-4-9(8)10/h1-5,7H,6,13H2. The lowest BCUT2D eigenvalue weighted by Crippen LogP contribution is -1.95. The predicted octanol–water partition coefficient (Wildman–Crippen LogP) is 1.74. The number of nitrogens with zero attached hydrogens (tertiary/aromatic N) is 3. The van der Waals surface area contributed by atoms with Crippen LogP contribution >= 0.6 is 0 Å². The first kappa shape index (κ1) is 9.92. The van der Waals surface area contributed by atoms with E-state index in [0.29, 0.717) is 11.7 Å². The van der Waals surface area contributed by atoms with Gasteiger partial charge in [0.25, 0.3) is 0 Å². The molecule has 0 fully saturated rings. The van der Waals surface area contributed by atoms with Gasteiger partial charge >= 0.3 is 0 Å². The molecule has 17 heavy (non-hydrogen) atoms. The van der Waals surface area contributed by atoms with Gasteiger partial charge in [0.2, 0.25) is 11.7 Å². The fourth-order valence-corrected chi connectivity index (χ4v) is 1.76. The SMILES string of the molecule is NCc1nc(-c2cccc3cnccc23)no1. The molecule has 0 amide bonds. The third-order valence-electron chi connectivity index (χ3n) is 2.56. The molecule has 5 heteroatoms. The Bertz CT molecular complexity index is 657. The van der Waals surface area contributed by atoms with Crippen LogP contribution in [-0.4, -0.2) is 15.1 Å². The first-order valence-corrected chi connectivity index (χ1v) is 5.24. The number of pyridine rings is 1. The second-order valence-electron chi connectivity index (χ2n) is 3.62. The van der Waals surface area contributed by atoms with Crippen LogP contribution in [0.3, 0.4) is 0 Å². The van der Waals surface area contributed by atoms with E-state index in [0.717, 1.165) is 16.3 Å². The molecule has 0 saturated heterocycles. The molecule has 0 unspecified atom stereocenters. The summed E-state index contributed by atoms with van der Waals surface area (Å²) in [6.07, 6.45) is 3.55. The highest BCUT2D eigenvalue weighted by molar-refractivity contribution is 5.94. The summed E-state index contributed by atoms with van der Waals surface area (Å²) in [4.78, 5) is 8.31. The maximum atomic E-state index is 5.45. The average molecular weight is 226 g/mol. The summed E-state index contributed by atoms with van der Waals surface area (Å²) in [5.74, 6) is 0.994. The summed E-state index contributed by atoms with van der Waals surface area (Å²) in [6.45, 7) is 0.249. The van der Waals surface area contributed by atoms with Crippen molar-refractivity contribution >= 4 is 10.8 Å². The molecule has 3 rings (SSSR count). The highest BCUT2D eigenvalue weighted by atomic mass is 16.5. The zero-order valence-corrected chi connectivity index (χ0v) is 9.00. The highest BCUT2D eigenvalue weighted by Gasteiger charge is 2.10. The summed E-state index contributed by atoms with van der Waals surface area (Å²) >= 11 is 0. The number of fused-ring (bicyclic) bond motifs is 1. The van der Waals surface area contributed by atoms with Gasteiger partial charge in [-0.05, 0) is 11.5 Å². The monoisotopic (exact) mass is 226 g/mol. The van der Waals surface area contributed by atoms with Gasteiger partial charge in [-0.25, -0.2) is 0 Å². The van der Waals surface area contributed by atoms with E-state index in [9.17, 15) is 0 Å². The minimum absolute atomic E-state index is 0.249. The summed E-state index contributed by atoms with van der Waals surface area (Å²) in [5, 5.41) is 6.01. The van der Waals surface area contributed by atoms with Crippen molar-refractivity contribution < 1.29 is 4.52 Å². The molecule has 0 aliphatic heterocycles. The second kappa shape index (κ2) is 3.95. The minimum Gasteiger partial charge on any atom is -0.338 e. The molecule has 2 N–H and O–H groups in total. The number of nitrogens with two attached hydrogens (primary N) is 1. The first-order chi connectivity index (χ1) is 8.38. The van der Waals surface area contributed by atoms with Gasteiger partial charge in [-0.15, -0.1) is 0 Å². The largest absolute Gasteiger partial charge is 0.338 e. The first-order valence-electron chi connectivity index (χ1n) is 5.24. The molecule has 0 aliphatic carbocycles. The Morgan fingerprint density at radius 2 is 2.18 bits per heavy atom. The van der Waals surface area contributed by atoms with Gasteiger partial charge in [-0.3, -0.25) is 4.98 Å². The van der Waals surface area contributed by atoms with Crippen LogP contribution in [0.15, 0.2) is 41.2 Å². The smallest absolute Gasteiger partial charge is 0.240 e. The molecule has 3 aromatic rings. The van der Waals surface area contributed by atoms with Crippen LogP contribution < -0.4 is 5.73 Å². The van der Waals surface area contributed by atoms with E-state index in [4.69, 9.17) is 10.3 Å². The lowest BCUT2D eigenvalue weighted by Gasteiger charge is -2.00. The number of hydrogen-bond donors (Lipinski definition) is 1. The molecule has 1 aromatic carbocycles. The molecular formula is C12H10N4O. The maximum absolute atomic E-state index is 5.45. The zero-order chi connectivity index (χ0) is 11.7. The van der Waals surface area contributed by atoms with E-state index in [1.807, 2.05) is 30.5 Å². The topological polar surface area (TPSA) is 77.8 Å². The van der Waals surface area contributed by atoms with Crippen LogP contribution in [0.4, 0.5) is 0 Å². The average Bonchev–Trinajstić information content (AvgIpc) is 2.87. The number of benzene rings is 1. The van der Waals surface area contributed by atoms with Crippen molar-refractivity contribution in [3.8, 4) is 11.4 Å². The Balaban J connectivity index is 2.23. The van der Waals surface area contributed by atoms with E-state index < -0.39 is 0 Å². The van der Waals surface area contributed by atoms with E-state index in [1.165, 1.54) is 0 Å². The van der Waals surface area contributed by atoms with Crippen LogP contribution in [-0.2, 0) is 6.54 Å². The Morgan fingerprint density at radius 3 is 3.00 bits per heavy atom. The number of rotatable bonds is 2. The highest BCUT2D eigenvalue weighted by Crippen LogP contribution is 2.25. The quantitative estimate of drug-likeness (QED) is 0.720. The summed E-state index contributed by atoms with van der Waals surface area (Å²) in [6, 6.07) is 7.82. The maximum Gasteiger partial charge on any atom is 0.240 e. The molecule has 0 aliphatic rings. The zero-order valence-electron chi connectivity index (χ0n) is 9.00. The van der Waals surface area contributed by atoms with Crippen LogP contribution in [0, 0.1) is 0 Å². The molecule has 0 spiro atoms. The van der Waals surface area contributed by atoms with Crippen LogP contribution in [0.1, 0.15) is 5.89 Å². The summed E-state index contributed by atoms with van der Waals surface area (Å²) in [5.41, 5.74) is 6.37. The molecule has 0 radical (unpaired) electrons. The normalized spacial score (nSPS) is 10.9. The van der Waals surface area contributed by atoms with Gasteiger partial charge in [0.05, 0.1) is 6.54 Å². The second-order valence-corrected chi connectivity index (χ2v) is 3.62. The molecule has 5 nitrogen and oxygen atoms in total. The van der Waals surface area contributed by atoms with Gasteiger partial charge in [0, 0.05) is 23.3 Å². The molecule has 0 atom stereocenters. The Labute approximate surface area is 97.3 Å². The predicted molar refractivity (Wildman–Crippen MR) is 62.9 cm³/mol. The number of aromatic nitrogens is 3. The molecule has 0 bridgehead atoms. The van der Waals surface area contributed by atoms with Gasteiger partial charge in [-0.2, -0.15) is 4.98 Å². The third kappa shape index (κ3) is 1.66. The molecule has 84 valence electrons. The van der Waals surface area contributed by atoms with Crippen molar-refractivity contribution in [3.63, 3.8) is 0 Å². The van der Waals surface area contributed by atoms with E-state index >= 15 is 0 Å². The van der Waals surface area contributed by atoms with Gasteiger partial charge in [-0.1, -0.05) is 23.4 Å². The van der Waals surface area contributed by atoms with Crippen LogP contribution in [0.5, 0.6) is 0 Å². The van der Waals surface area contributed by atoms with Crippen molar-refractivity contribution in [1.29, 1.82) is 0 Å². The van der Waals surface area contributed by atoms with Crippen molar-refractivity contribution in [1.82, 2.24) is 15.1 Å². The Morgan fingerprint density at radius 1 is 1.24 bits per heavy atom. The van der Waals surface area contributed by atoms with Crippen LogP contribution in [0.2, 0.25) is 0 Å². The van der Waals surface area contributed by atoms with Crippen LogP contribution in [0.25, 0.3) is 22.2 Å². The summed E-state index contributed by atoms with van der Waals surface area (Å²) < 4.78 is 5.02. The Hall–Kier alpha value is -2.27. The van der Waals surface area contributed by atoms with Crippen molar-refractivity contribution in [2.75, 3.05) is 0 Å². The van der Waals surface area contributed by atoms with Crippen molar-refractivity contribution in [2.24, 2.45) is 5.73 Å². The molecule has 2 heterocycles. The molecule has 2 aromatic heterocycles. The van der Waals surface area contributed by atoms with Gasteiger partial charge in [0.1, 0.15) is 0 Å². The van der Waals surface area contributed by atoms with Gasteiger partial charge in [0.15, 0.2) is 0 Å². The number of hydrogen-bond acceptors (Lipinski definition) is 5. The fraction of sp³-hybridized carbons (Fsp3) is 0.0833. The van der Waals surface area contributed by atoms with Gasteiger partial charge < -0.3 is 10.3 Å². The fourth-order valence-electron chi connectivity index (χ4n) is 1.76. The molecule has 0 saturated carbocycles. The lowest BCUT2D eigenvalue weighted by molar-refractivity contribution is 0.380. The Kier molecular flexibility index (Phi) is 2.31. The minimum atomic E-state index is 0.249. The van der Waals surface area contributed by atoms with E-state index in [2.05, 4.69) is 15.1 Å². The summed E-state index contributed by atoms with van der Waals surface area (Å²) in [7, 11) is 0. The van der Waals surface area contributed by atoms with Crippen molar-refractivity contribution in [3.05, 3.63) is 42.5 Å².